The molecule has 1 amide bonds. The molecular formula is C14H18ClN3O3. The number of nitrogens with two attached hydrogens (primary N) is 1. The van der Waals surface area contributed by atoms with E-state index >= 15 is 0 Å². The van der Waals surface area contributed by atoms with Gasteiger partial charge >= 0.3 is 0 Å². The van der Waals surface area contributed by atoms with E-state index in [0.717, 1.165) is 5.56 Å². The quantitative estimate of drug-likeness (QED) is 0.757. The van der Waals surface area contributed by atoms with E-state index < -0.39 is 5.91 Å². The summed E-state index contributed by atoms with van der Waals surface area (Å²) in [4.78, 5) is 10.8. The van der Waals surface area contributed by atoms with Gasteiger partial charge in [0.25, 0.3) is 5.91 Å². The van der Waals surface area contributed by atoms with Crippen LogP contribution < -0.4 is 20.5 Å². The maximum atomic E-state index is 10.8. The molecule has 0 radical (unpaired) electrons. The number of halogens is 1. The first-order chi connectivity index (χ1) is 9.97. The van der Waals surface area contributed by atoms with Crippen molar-refractivity contribution in [2.24, 2.45) is 11.7 Å². The SMILES string of the molecule is COc1cc(CNCC(C)C#N)cc(Cl)c1OCC(N)=O. The summed E-state index contributed by atoms with van der Waals surface area (Å²) in [5.41, 5.74) is 5.92. The van der Waals surface area contributed by atoms with Gasteiger partial charge < -0.3 is 20.5 Å². The number of carbonyl (C=O) groups is 1. The fourth-order valence-electron chi connectivity index (χ4n) is 1.64. The van der Waals surface area contributed by atoms with Crippen molar-refractivity contribution in [2.75, 3.05) is 20.3 Å². The van der Waals surface area contributed by atoms with Crippen molar-refractivity contribution in [3.8, 4) is 17.6 Å². The second-order valence-electron chi connectivity index (χ2n) is 4.53. The van der Waals surface area contributed by atoms with Gasteiger partial charge in [-0.1, -0.05) is 11.6 Å². The number of hydrogen-bond donors (Lipinski definition) is 2. The van der Waals surface area contributed by atoms with Crippen LogP contribution in [-0.4, -0.2) is 26.2 Å². The second kappa shape index (κ2) is 8.35. The van der Waals surface area contributed by atoms with Gasteiger partial charge in [-0.3, -0.25) is 4.79 Å². The number of amides is 1. The highest BCUT2D eigenvalue weighted by Crippen LogP contribution is 2.36. The molecule has 114 valence electrons. The van der Waals surface area contributed by atoms with Gasteiger partial charge in [0.15, 0.2) is 18.1 Å². The molecule has 0 heterocycles. The summed E-state index contributed by atoms with van der Waals surface area (Å²) >= 11 is 6.13. The lowest BCUT2D eigenvalue weighted by Crippen LogP contribution is -2.21. The zero-order chi connectivity index (χ0) is 15.8. The summed E-state index contributed by atoms with van der Waals surface area (Å²) in [6, 6.07) is 5.61. The summed E-state index contributed by atoms with van der Waals surface area (Å²) in [7, 11) is 1.48. The van der Waals surface area contributed by atoms with Crippen molar-refractivity contribution in [3.63, 3.8) is 0 Å². The smallest absolute Gasteiger partial charge is 0.255 e. The van der Waals surface area contributed by atoms with Gasteiger partial charge in [0.2, 0.25) is 0 Å². The van der Waals surface area contributed by atoms with E-state index in [2.05, 4.69) is 11.4 Å². The Hall–Kier alpha value is -1.97. The van der Waals surface area contributed by atoms with Crippen LogP contribution >= 0.6 is 11.6 Å². The molecule has 0 bridgehead atoms. The Labute approximate surface area is 128 Å². The van der Waals surface area contributed by atoms with Crippen LogP contribution in [0.3, 0.4) is 0 Å². The minimum atomic E-state index is -0.593. The summed E-state index contributed by atoms with van der Waals surface area (Å²) < 4.78 is 10.4. The fraction of sp³-hybridized carbons (Fsp3) is 0.429. The molecule has 0 spiro atoms. The molecule has 7 heteroatoms. The second-order valence-corrected chi connectivity index (χ2v) is 4.93. The molecule has 0 aliphatic carbocycles. The lowest BCUT2D eigenvalue weighted by atomic mass is 10.1. The summed E-state index contributed by atoms with van der Waals surface area (Å²) in [5.74, 6) is 0.0471. The molecule has 1 atom stereocenters. The van der Waals surface area contributed by atoms with Crippen molar-refractivity contribution < 1.29 is 14.3 Å². The van der Waals surface area contributed by atoms with Gasteiger partial charge in [-0.05, 0) is 24.6 Å². The van der Waals surface area contributed by atoms with Crippen LogP contribution in [0.15, 0.2) is 12.1 Å². The van der Waals surface area contributed by atoms with E-state index in [0.29, 0.717) is 23.9 Å². The lowest BCUT2D eigenvalue weighted by Gasteiger charge is -2.14. The highest BCUT2D eigenvalue weighted by Gasteiger charge is 2.13. The zero-order valence-corrected chi connectivity index (χ0v) is 12.7. The summed E-state index contributed by atoms with van der Waals surface area (Å²) in [6.07, 6.45) is 0. The van der Waals surface area contributed by atoms with Crippen molar-refractivity contribution in [1.82, 2.24) is 5.32 Å². The fourth-order valence-corrected chi connectivity index (χ4v) is 1.93. The van der Waals surface area contributed by atoms with E-state index in [-0.39, 0.29) is 18.3 Å². The van der Waals surface area contributed by atoms with Gasteiger partial charge in [-0.2, -0.15) is 5.26 Å². The molecule has 0 aliphatic heterocycles. The van der Waals surface area contributed by atoms with Crippen LogP contribution in [-0.2, 0) is 11.3 Å². The normalized spacial score (nSPS) is 11.5. The Balaban J connectivity index is 2.78. The molecule has 3 N–H and O–H groups in total. The predicted molar refractivity (Wildman–Crippen MR) is 79.2 cm³/mol. The highest BCUT2D eigenvalue weighted by atomic mass is 35.5. The largest absolute Gasteiger partial charge is 0.493 e. The molecular weight excluding hydrogens is 294 g/mol. The predicted octanol–water partition coefficient (Wildman–Crippen LogP) is 1.46. The number of hydrogen-bond acceptors (Lipinski definition) is 5. The van der Waals surface area contributed by atoms with E-state index in [9.17, 15) is 4.79 Å². The average molecular weight is 312 g/mol. The van der Waals surface area contributed by atoms with Crippen LogP contribution in [0.4, 0.5) is 0 Å². The van der Waals surface area contributed by atoms with Crippen LogP contribution in [0.5, 0.6) is 11.5 Å². The van der Waals surface area contributed by atoms with Crippen LogP contribution in [0, 0.1) is 17.2 Å². The Bertz CT molecular complexity index is 543. The van der Waals surface area contributed by atoms with Crippen LogP contribution in [0.1, 0.15) is 12.5 Å². The van der Waals surface area contributed by atoms with Crippen LogP contribution in [0.2, 0.25) is 5.02 Å². The van der Waals surface area contributed by atoms with Crippen LogP contribution in [0.25, 0.3) is 0 Å². The maximum Gasteiger partial charge on any atom is 0.255 e. The lowest BCUT2D eigenvalue weighted by molar-refractivity contribution is -0.119. The number of nitriles is 1. The summed E-state index contributed by atoms with van der Waals surface area (Å²) in [5, 5.41) is 12.2. The zero-order valence-electron chi connectivity index (χ0n) is 12.0. The number of ether oxygens (including phenoxy) is 2. The van der Waals surface area contributed by atoms with Gasteiger partial charge in [0.1, 0.15) is 0 Å². The first-order valence-corrected chi connectivity index (χ1v) is 6.73. The standard InChI is InChI=1S/C14H18ClN3O3/c1-9(5-16)6-18-7-10-3-11(15)14(12(4-10)20-2)21-8-13(17)19/h3-4,9,18H,6-8H2,1-2H3,(H2,17,19). The monoisotopic (exact) mass is 311 g/mol. The third-order valence-electron chi connectivity index (χ3n) is 2.65. The number of carbonyl (C=O) groups excluding carboxylic acids is 1. The number of primary amides is 1. The number of nitrogens with one attached hydrogen (secondary N) is 1. The minimum Gasteiger partial charge on any atom is -0.493 e. The number of rotatable bonds is 8. The molecule has 6 nitrogen and oxygen atoms in total. The average Bonchev–Trinajstić information content (AvgIpc) is 2.45. The maximum absolute atomic E-state index is 10.8. The molecule has 0 saturated carbocycles. The van der Waals surface area contributed by atoms with Gasteiger partial charge in [-0.25, -0.2) is 0 Å². The summed E-state index contributed by atoms with van der Waals surface area (Å²) in [6.45, 7) is 2.68. The molecule has 21 heavy (non-hydrogen) atoms. The molecule has 1 aromatic rings. The molecule has 0 fully saturated rings. The van der Waals surface area contributed by atoms with E-state index in [1.807, 2.05) is 6.92 Å². The highest BCUT2D eigenvalue weighted by molar-refractivity contribution is 6.32. The molecule has 0 aromatic heterocycles. The third kappa shape index (κ3) is 5.50. The van der Waals surface area contributed by atoms with Crippen molar-refractivity contribution in [2.45, 2.75) is 13.5 Å². The van der Waals surface area contributed by atoms with Crippen molar-refractivity contribution in [3.05, 3.63) is 22.7 Å². The van der Waals surface area contributed by atoms with Crippen molar-refractivity contribution in [1.29, 1.82) is 5.26 Å². The van der Waals surface area contributed by atoms with E-state index in [1.54, 1.807) is 12.1 Å². The number of benzene rings is 1. The molecule has 1 aromatic carbocycles. The minimum absolute atomic E-state index is 0.0689. The van der Waals surface area contributed by atoms with Gasteiger partial charge in [0.05, 0.1) is 24.1 Å². The van der Waals surface area contributed by atoms with E-state index in [4.69, 9.17) is 32.1 Å². The number of nitrogens with zero attached hydrogens (tertiary/aromatic N) is 1. The molecule has 0 aliphatic rings. The Morgan fingerprint density at radius 2 is 2.29 bits per heavy atom. The van der Waals surface area contributed by atoms with E-state index in [1.165, 1.54) is 7.11 Å². The number of methoxy groups -OCH3 is 1. The van der Waals surface area contributed by atoms with Crippen molar-refractivity contribution >= 4 is 17.5 Å². The Morgan fingerprint density at radius 3 is 2.86 bits per heavy atom. The third-order valence-corrected chi connectivity index (χ3v) is 2.93. The molecule has 1 rings (SSSR count). The molecule has 0 saturated heterocycles. The first-order valence-electron chi connectivity index (χ1n) is 6.35. The first kappa shape index (κ1) is 17.1. The Kier molecular flexibility index (Phi) is 6.79. The Morgan fingerprint density at radius 1 is 1.57 bits per heavy atom. The molecule has 1 unspecified atom stereocenters. The topological polar surface area (TPSA) is 97.4 Å². The van der Waals surface area contributed by atoms with Gasteiger partial charge in [-0.15, -0.1) is 0 Å². The van der Waals surface area contributed by atoms with Gasteiger partial charge in [0, 0.05) is 13.1 Å².